The molecular formula is C14H15BrN2O3S. The molecule has 0 saturated heterocycles. The fourth-order valence-electron chi connectivity index (χ4n) is 2.10. The van der Waals surface area contributed by atoms with E-state index in [0.29, 0.717) is 0 Å². The molecule has 1 aliphatic carbocycles. The highest BCUT2D eigenvalue weighted by atomic mass is 79.9. The second kappa shape index (κ2) is 5.23. The Labute approximate surface area is 132 Å². The van der Waals surface area contributed by atoms with Gasteiger partial charge in [0.15, 0.2) is 0 Å². The van der Waals surface area contributed by atoms with Crippen molar-refractivity contribution in [3.63, 3.8) is 0 Å². The van der Waals surface area contributed by atoms with Gasteiger partial charge in [-0.1, -0.05) is 17.7 Å². The van der Waals surface area contributed by atoms with Gasteiger partial charge in [0, 0.05) is 6.20 Å². The minimum atomic E-state index is -3.72. The number of halogens is 1. The van der Waals surface area contributed by atoms with Gasteiger partial charge in [0.05, 0.1) is 27.7 Å². The summed E-state index contributed by atoms with van der Waals surface area (Å²) in [5.41, 5.74) is 0.679. The monoisotopic (exact) mass is 370 g/mol. The maximum absolute atomic E-state index is 12.2. The molecule has 0 atom stereocenters. The minimum Gasteiger partial charge on any atom is -0.264 e. The largest absolute Gasteiger partial charge is 0.297 e. The van der Waals surface area contributed by atoms with E-state index >= 15 is 0 Å². The minimum absolute atomic E-state index is 0.108. The van der Waals surface area contributed by atoms with E-state index in [2.05, 4.69) is 21.0 Å². The summed E-state index contributed by atoms with van der Waals surface area (Å²) in [7, 11) is -3.72. The standard InChI is InChI=1S/C14H15BrN2O3S/c1-11-2-4-13(5-3-11)21(18,19)20-10-14(6-7-14)17-9-12(15)8-16-17/h2-5,8-9H,6-7,10H2,1H3. The van der Waals surface area contributed by atoms with Crippen LogP contribution in [-0.4, -0.2) is 24.8 Å². The van der Waals surface area contributed by atoms with Crippen molar-refractivity contribution < 1.29 is 12.6 Å². The van der Waals surface area contributed by atoms with Crippen LogP contribution in [0.3, 0.4) is 0 Å². The molecule has 0 aliphatic heterocycles. The Balaban J connectivity index is 1.74. The normalized spacial score (nSPS) is 16.9. The molecule has 1 fully saturated rings. The first-order valence-corrected chi connectivity index (χ1v) is 8.78. The first-order valence-electron chi connectivity index (χ1n) is 6.58. The molecule has 21 heavy (non-hydrogen) atoms. The number of hydrogen-bond donors (Lipinski definition) is 0. The highest BCUT2D eigenvalue weighted by Crippen LogP contribution is 2.44. The van der Waals surface area contributed by atoms with Gasteiger partial charge in [0.25, 0.3) is 10.1 Å². The summed E-state index contributed by atoms with van der Waals surface area (Å²) in [6.45, 7) is 2.02. The molecule has 1 heterocycles. The van der Waals surface area contributed by atoms with Crippen molar-refractivity contribution in [3.8, 4) is 0 Å². The molecule has 1 aliphatic rings. The Morgan fingerprint density at radius 2 is 2.00 bits per heavy atom. The molecule has 0 radical (unpaired) electrons. The van der Waals surface area contributed by atoms with Gasteiger partial charge in [-0.25, -0.2) is 0 Å². The van der Waals surface area contributed by atoms with Gasteiger partial charge in [0.1, 0.15) is 0 Å². The number of nitrogens with zero attached hydrogens (tertiary/aromatic N) is 2. The summed E-state index contributed by atoms with van der Waals surface area (Å²) in [5, 5.41) is 4.23. The van der Waals surface area contributed by atoms with E-state index in [9.17, 15) is 8.42 Å². The lowest BCUT2D eigenvalue weighted by atomic mass is 10.2. The fourth-order valence-corrected chi connectivity index (χ4v) is 3.37. The van der Waals surface area contributed by atoms with Crippen LogP contribution in [0.2, 0.25) is 0 Å². The van der Waals surface area contributed by atoms with Crippen molar-refractivity contribution in [1.29, 1.82) is 0 Å². The lowest BCUT2D eigenvalue weighted by Gasteiger charge is -2.16. The van der Waals surface area contributed by atoms with E-state index in [1.807, 2.05) is 13.1 Å². The number of benzene rings is 1. The number of rotatable bonds is 5. The van der Waals surface area contributed by atoms with Crippen molar-refractivity contribution in [2.75, 3.05) is 6.61 Å². The molecule has 1 aromatic carbocycles. The maximum atomic E-state index is 12.2. The molecule has 7 heteroatoms. The zero-order valence-corrected chi connectivity index (χ0v) is 13.9. The highest BCUT2D eigenvalue weighted by molar-refractivity contribution is 9.10. The van der Waals surface area contributed by atoms with Crippen LogP contribution in [0.25, 0.3) is 0 Å². The van der Waals surface area contributed by atoms with Crippen molar-refractivity contribution in [2.45, 2.75) is 30.2 Å². The summed E-state index contributed by atoms with van der Waals surface area (Å²) in [6.07, 6.45) is 5.26. The van der Waals surface area contributed by atoms with Crippen LogP contribution in [0.5, 0.6) is 0 Å². The van der Waals surface area contributed by atoms with Crippen molar-refractivity contribution in [3.05, 3.63) is 46.7 Å². The molecule has 0 spiro atoms. The Hall–Kier alpha value is -1.18. The van der Waals surface area contributed by atoms with Gasteiger partial charge in [-0.2, -0.15) is 13.5 Å². The summed E-state index contributed by atoms with van der Waals surface area (Å²) >= 11 is 3.34. The molecule has 3 rings (SSSR count). The second-order valence-electron chi connectivity index (χ2n) is 5.36. The van der Waals surface area contributed by atoms with Crippen molar-refractivity contribution in [1.82, 2.24) is 9.78 Å². The van der Waals surface area contributed by atoms with E-state index in [0.717, 1.165) is 22.9 Å². The van der Waals surface area contributed by atoms with Gasteiger partial charge in [-0.15, -0.1) is 0 Å². The van der Waals surface area contributed by atoms with Gasteiger partial charge >= 0.3 is 0 Å². The lowest BCUT2D eigenvalue weighted by Crippen LogP contribution is -2.26. The molecular weight excluding hydrogens is 356 g/mol. The summed E-state index contributed by atoms with van der Waals surface area (Å²) in [6, 6.07) is 6.64. The molecule has 1 aromatic heterocycles. The molecule has 0 bridgehead atoms. The van der Waals surface area contributed by atoms with E-state index in [1.165, 1.54) is 0 Å². The number of aromatic nitrogens is 2. The van der Waals surface area contributed by atoms with E-state index < -0.39 is 10.1 Å². The molecule has 2 aromatic rings. The van der Waals surface area contributed by atoms with Crippen molar-refractivity contribution >= 4 is 26.0 Å². The van der Waals surface area contributed by atoms with E-state index in [4.69, 9.17) is 4.18 Å². The Bertz CT molecular complexity index is 749. The van der Waals surface area contributed by atoms with Crippen LogP contribution in [0.15, 0.2) is 46.0 Å². The Kier molecular flexibility index (Phi) is 3.67. The van der Waals surface area contributed by atoms with Crippen LogP contribution in [-0.2, 0) is 19.8 Å². The maximum Gasteiger partial charge on any atom is 0.297 e. The smallest absolute Gasteiger partial charge is 0.264 e. The molecule has 0 unspecified atom stereocenters. The predicted octanol–water partition coefficient (Wildman–Crippen LogP) is 2.85. The zero-order chi connectivity index (χ0) is 15.1. The predicted molar refractivity (Wildman–Crippen MR) is 81.5 cm³/mol. The van der Waals surface area contributed by atoms with Gasteiger partial charge < -0.3 is 0 Å². The second-order valence-corrected chi connectivity index (χ2v) is 7.89. The molecule has 112 valence electrons. The SMILES string of the molecule is Cc1ccc(S(=O)(=O)OCC2(n3cc(Br)cn3)CC2)cc1. The third kappa shape index (κ3) is 3.04. The molecule has 5 nitrogen and oxygen atoms in total. The van der Waals surface area contributed by atoms with Crippen LogP contribution < -0.4 is 0 Å². The summed E-state index contributed by atoms with van der Waals surface area (Å²) < 4.78 is 32.3. The van der Waals surface area contributed by atoms with Crippen LogP contribution in [0.4, 0.5) is 0 Å². The molecule has 1 saturated carbocycles. The molecule has 0 N–H and O–H groups in total. The Morgan fingerprint density at radius 3 is 2.52 bits per heavy atom. The first kappa shape index (κ1) is 14.7. The van der Waals surface area contributed by atoms with Crippen molar-refractivity contribution in [2.24, 2.45) is 0 Å². The van der Waals surface area contributed by atoms with Crippen LogP contribution in [0, 0.1) is 6.92 Å². The third-order valence-corrected chi connectivity index (χ3v) is 5.34. The zero-order valence-electron chi connectivity index (χ0n) is 11.5. The van der Waals surface area contributed by atoms with Crippen LogP contribution in [0.1, 0.15) is 18.4 Å². The average molecular weight is 371 g/mol. The average Bonchev–Trinajstić information content (AvgIpc) is 3.12. The highest BCUT2D eigenvalue weighted by Gasteiger charge is 2.47. The summed E-state index contributed by atoms with van der Waals surface area (Å²) in [5.74, 6) is 0. The number of aryl methyl sites for hydroxylation is 1. The third-order valence-electron chi connectivity index (χ3n) is 3.66. The quantitative estimate of drug-likeness (QED) is 0.759. The topological polar surface area (TPSA) is 61.2 Å². The van der Waals surface area contributed by atoms with E-state index in [1.54, 1.807) is 35.1 Å². The fraction of sp³-hybridized carbons (Fsp3) is 0.357. The van der Waals surface area contributed by atoms with Gasteiger partial charge in [-0.05, 0) is 47.8 Å². The van der Waals surface area contributed by atoms with Gasteiger partial charge in [0.2, 0.25) is 0 Å². The van der Waals surface area contributed by atoms with Crippen LogP contribution >= 0.6 is 15.9 Å². The summed E-state index contributed by atoms with van der Waals surface area (Å²) in [4.78, 5) is 0.186. The Morgan fingerprint density at radius 1 is 1.33 bits per heavy atom. The van der Waals surface area contributed by atoms with E-state index in [-0.39, 0.29) is 17.0 Å². The first-order chi connectivity index (χ1) is 9.91. The molecule has 0 amide bonds. The lowest BCUT2D eigenvalue weighted by molar-refractivity contribution is 0.228. The number of hydrogen-bond acceptors (Lipinski definition) is 4. The van der Waals surface area contributed by atoms with Gasteiger partial charge in [-0.3, -0.25) is 8.86 Å².